The number of ether oxygens (including phenoxy) is 1. The monoisotopic (exact) mass is 393 g/mol. The third-order valence-electron chi connectivity index (χ3n) is 4.24. The molecule has 0 bridgehead atoms. The molecule has 0 spiro atoms. The third kappa shape index (κ3) is 3.05. The maximum Gasteiger partial charge on any atom is 0.340 e. The average molecular weight is 393 g/mol. The number of rotatable bonds is 4. The Labute approximate surface area is 156 Å². The van der Waals surface area contributed by atoms with Crippen LogP contribution >= 0.6 is 0 Å². The summed E-state index contributed by atoms with van der Waals surface area (Å²) in [5.74, 6) is 0.672. The number of aryl methyl sites for hydroxylation is 1. The predicted molar refractivity (Wildman–Crippen MR) is 93.6 cm³/mol. The Balaban J connectivity index is 2.31. The predicted octanol–water partition coefficient (Wildman–Crippen LogP) is 1.45. The number of amides is 1. The van der Waals surface area contributed by atoms with Crippen molar-refractivity contribution in [3.8, 4) is 23.8 Å². The molecule has 146 valence electrons. The number of hydrogen-bond acceptors (Lipinski definition) is 4. The molecule has 28 heavy (non-hydrogen) atoms. The van der Waals surface area contributed by atoms with Crippen LogP contribution in [0.3, 0.4) is 0 Å². The van der Waals surface area contributed by atoms with Gasteiger partial charge >= 0.3 is 12.2 Å². The van der Waals surface area contributed by atoms with Gasteiger partial charge in [-0.2, -0.15) is 8.78 Å². The van der Waals surface area contributed by atoms with Crippen LogP contribution in [-0.2, 0) is 11.2 Å². The Hall–Kier alpha value is -3.48. The maximum absolute atomic E-state index is 14.6. The molecule has 1 aromatic carbocycles. The van der Waals surface area contributed by atoms with Gasteiger partial charge < -0.3 is 4.74 Å². The summed E-state index contributed by atoms with van der Waals surface area (Å²) < 4.78 is 46.9. The quantitative estimate of drug-likeness (QED) is 0.738. The Morgan fingerprint density at radius 2 is 1.93 bits per heavy atom. The van der Waals surface area contributed by atoms with Gasteiger partial charge in [0.05, 0.1) is 17.9 Å². The molecule has 0 unspecified atom stereocenters. The van der Waals surface area contributed by atoms with E-state index in [1.165, 1.54) is 6.92 Å². The molecule has 0 fully saturated rings. The number of aromatic nitrogens is 2. The van der Waals surface area contributed by atoms with Crippen LogP contribution in [0.5, 0.6) is 5.75 Å². The molecular formula is C18H14F3N3O4. The molecule has 1 aliphatic rings. The Morgan fingerprint density at radius 1 is 1.21 bits per heavy atom. The molecule has 0 radical (unpaired) electrons. The van der Waals surface area contributed by atoms with Crippen molar-refractivity contribution in [2.75, 3.05) is 18.1 Å². The molecule has 0 atom stereocenters. The smallest absolute Gasteiger partial charge is 0.340 e. The second-order valence-electron chi connectivity index (χ2n) is 5.84. The first-order valence-corrected chi connectivity index (χ1v) is 8.16. The zero-order valence-corrected chi connectivity index (χ0v) is 14.6. The summed E-state index contributed by atoms with van der Waals surface area (Å²) >= 11 is 0. The number of anilines is 1. The van der Waals surface area contributed by atoms with Gasteiger partial charge in [-0.25, -0.2) is 18.3 Å². The minimum atomic E-state index is -3.22. The van der Waals surface area contributed by atoms with Crippen LogP contribution in [0.15, 0.2) is 27.8 Å². The lowest BCUT2D eigenvalue weighted by molar-refractivity contribution is -0.121. The fourth-order valence-electron chi connectivity index (χ4n) is 2.95. The van der Waals surface area contributed by atoms with Crippen molar-refractivity contribution < 1.29 is 22.7 Å². The van der Waals surface area contributed by atoms with E-state index in [9.17, 15) is 27.6 Å². The second kappa shape index (κ2) is 7.26. The molecule has 2 aromatic rings. The Kier molecular flexibility index (Phi) is 5.00. The van der Waals surface area contributed by atoms with E-state index >= 15 is 0 Å². The number of carbonyl (C=O) groups excluding carboxylic acids is 1. The van der Waals surface area contributed by atoms with Crippen LogP contribution in [0, 0.1) is 18.2 Å². The minimum Gasteiger partial charge on any atom is -0.481 e. The highest BCUT2D eigenvalue weighted by molar-refractivity contribution is 5.98. The molecule has 1 amide bonds. The van der Waals surface area contributed by atoms with Gasteiger partial charge in [0.1, 0.15) is 5.75 Å². The molecule has 0 saturated carbocycles. The average Bonchev–Trinajstić information content (AvgIpc) is 2.64. The highest BCUT2D eigenvalue weighted by atomic mass is 19.3. The van der Waals surface area contributed by atoms with E-state index in [-0.39, 0.29) is 45.8 Å². The van der Waals surface area contributed by atoms with E-state index < -0.39 is 35.2 Å². The molecule has 0 N–H and O–H groups in total. The summed E-state index contributed by atoms with van der Waals surface area (Å²) in [6.45, 7) is -2.25. The van der Waals surface area contributed by atoms with Crippen LogP contribution in [0.25, 0.3) is 5.69 Å². The van der Waals surface area contributed by atoms with Gasteiger partial charge in [0, 0.05) is 17.8 Å². The zero-order chi connectivity index (χ0) is 20.6. The van der Waals surface area contributed by atoms with Gasteiger partial charge in [-0.15, -0.1) is 6.42 Å². The molecular weight excluding hydrogens is 379 g/mol. The first-order chi connectivity index (χ1) is 13.3. The summed E-state index contributed by atoms with van der Waals surface area (Å²) in [6, 6.07) is 2.71. The van der Waals surface area contributed by atoms with E-state index in [1.54, 1.807) is 0 Å². The molecule has 7 nitrogen and oxygen atoms in total. The maximum atomic E-state index is 14.6. The number of alkyl halides is 2. The standard InChI is InChI=1S/C18H14F3N3O4/c1-3-5-22-13-8-12(11(19)7-14(13)28-9-16(22)26)24-15(25)6-10(4-2)23(17(20)21)18(24)27/h1,6-8,17H,4-5,9H2,2H3. The van der Waals surface area contributed by atoms with Crippen molar-refractivity contribution in [1.29, 1.82) is 0 Å². The number of halogens is 3. The van der Waals surface area contributed by atoms with Crippen LogP contribution in [-0.4, -0.2) is 28.2 Å². The second-order valence-corrected chi connectivity index (χ2v) is 5.84. The molecule has 2 heterocycles. The fraction of sp³-hybridized carbons (Fsp3) is 0.278. The zero-order valence-electron chi connectivity index (χ0n) is 14.6. The lowest BCUT2D eigenvalue weighted by Crippen LogP contribution is -2.42. The topological polar surface area (TPSA) is 73.5 Å². The van der Waals surface area contributed by atoms with E-state index in [0.29, 0.717) is 0 Å². The van der Waals surface area contributed by atoms with Crippen molar-refractivity contribution in [3.05, 3.63) is 50.5 Å². The Morgan fingerprint density at radius 3 is 2.54 bits per heavy atom. The first kappa shape index (κ1) is 19.3. The van der Waals surface area contributed by atoms with E-state index in [4.69, 9.17) is 11.2 Å². The highest BCUT2D eigenvalue weighted by Crippen LogP contribution is 2.35. The normalized spacial score (nSPS) is 13.3. The fourth-order valence-corrected chi connectivity index (χ4v) is 2.95. The van der Waals surface area contributed by atoms with Gasteiger partial charge in [-0.05, 0) is 12.5 Å². The number of carbonyl (C=O) groups is 1. The lowest BCUT2D eigenvalue weighted by atomic mass is 10.2. The van der Waals surface area contributed by atoms with E-state index in [2.05, 4.69) is 5.92 Å². The molecule has 10 heteroatoms. The number of benzene rings is 1. The molecule has 3 rings (SSSR count). The van der Waals surface area contributed by atoms with Crippen LogP contribution in [0.4, 0.5) is 18.9 Å². The van der Waals surface area contributed by atoms with Crippen LogP contribution in [0.2, 0.25) is 0 Å². The summed E-state index contributed by atoms with van der Waals surface area (Å²) in [5, 5.41) is 0. The number of terminal acetylenes is 1. The van der Waals surface area contributed by atoms with Crippen molar-refractivity contribution in [2.45, 2.75) is 19.9 Å². The van der Waals surface area contributed by atoms with Crippen LogP contribution in [0.1, 0.15) is 19.2 Å². The summed E-state index contributed by atoms with van der Waals surface area (Å²) in [7, 11) is 0. The third-order valence-corrected chi connectivity index (χ3v) is 4.24. The molecule has 1 aliphatic heterocycles. The van der Waals surface area contributed by atoms with Crippen molar-refractivity contribution >= 4 is 11.6 Å². The molecule has 1 aromatic heterocycles. The highest BCUT2D eigenvalue weighted by Gasteiger charge is 2.28. The summed E-state index contributed by atoms with van der Waals surface area (Å²) in [4.78, 5) is 38.0. The summed E-state index contributed by atoms with van der Waals surface area (Å²) in [5.41, 5.74) is -3.13. The van der Waals surface area contributed by atoms with Crippen molar-refractivity contribution in [2.24, 2.45) is 0 Å². The van der Waals surface area contributed by atoms with Gasteiger partial charge in [-0.1, -0.05) is 12.8 Å². The number of fused-ring (bicyclic) bond motifs is 1. The van der Waals surface area contributed by atoms with Crippen molar-refractivity contribution in [1.82, 2.24) is 9.13 Å². The van der Waals surface area contributed by atoms with E-state index in [1.807, 2.05) is 0 Å². The lowest BCUT2D eigenvalue weighted by Gasteiger charge is -2.28. The number of nitrogens with zero attached hydrogens (tertiary/aromatic N) is 3. The summed E-state index contributed by atoms with van der Waals surface area (Å²) in [6.07, 6.45) is 5.24. The van der Waals surface area contributed by atoms with Gasteiger partial charge in [0.2, 0.25) is 0 Å². The van der Waals surface area contributed by atoms with E-state index in [0.717, 1.165) is 23.1 Å². The Bertz CT molecular complexity index is 1110. The SMILES string of the molecule is C#CCN1C(=O)COc2cc(F)c(-n3c(=O)cc(CC)n(C(F)F)c3=O)cc21. The minimum absolute atomic E-state index is 0.000614. The van der Waals surface area contributed by atoms with Crippen LogP contribution < -0.4 is 20.9 Å². The van der Waals surface area contributed by atoms with Gasteiger partial charge in [-0.3, -0.25) is 14.5 Å². The van der Waals surface area contributed by atoms with Gasteiger partial charge in [0.15, 0.2) is 12.4 Å². The van der Waals surface area contributed by atoms with Gasteiger partial charge in [0.25, 0.3) is 11.5 Å². The largest absolute Gasteiger partial charge is 0.481 e. The first-order valence-electron chi connectivity index (χ1n) is 8.16. The molecule has 0 saturated heterocycles. The molecule has 0 aliphatic carbocycles. The number of hydrogen-bond donors (Lipinski definition) is 0. The van der Waals surface area contributed by atoms with Crippen molar-refractivity contribution in [3.63, 3.8) is 0 Å².